The molecule has 0 radical (unpaired) electrons. The number of hydrazine groups is 1. The van der Waals surface area contributed by atoms with Gasteiger partial charge in [-0.05, 0) is 108 Å². The lowest BCUT2D eigenvalue weighted by molar-refractivity contribution is 0.489. The third kappa shape index (κ3) is 5.00. The Hall–Kier alpha value is -2.23. The van der Waals surface area contributed by atoms with Gasteiger partial charge in [-0.2, -0.15) is 0 Å². The van der Waals surface area contributed by atoms with Crippen LogP contribution in [0.5, 0.6) is 0 Å². The van der Waals surface area contributed by atoms with Crippen molar-refractivity contribution in [2.75, 3.05) is 11.7 Å². The lowest BCUT2D eigenvalue weighted by Crippen LogP contribution is -2.31. The van der Waals surface area contributed by atoms with Gasteiger partial charge in [0.05, 0.1) is 11.7 Å². The largest absolute Gasteiger partial charge is 0.321 e. The highest BCUT2D eigenvalue weighted by atomic mass is 32.2. The van der Waals surface area contributed by atoms with Gasteiger partial charge in [-0.25, -0.2) is 5.43 Å². The van der Waals surface area contributed by atoms with Gasteiger partial charge in [0.25, 0.3) is 0 Å². The topological polar surface area (TPSA) is 24.1 Å². The third-order valence-electron chi connectivity index (χ3n) is 7.13. The van der Waals surface area contributed by atoms with Gasteiger partial charge >= 0.3 is 0 Å². The fourth-order valence-electron chi connectivity index (χ4n) is 5.30. The van der Waals surface area contributed by atoms with Crippen molar-refractivity contribution in [3.05, 3.63) is 81.9 Å². The van der Waals surface area contributed by atoms with Crippen molar-refractivity contribution in [1.82, 2.24) is 5.43 Å². The van der Waals surface area contributed by atoms with Crippen LogP contribution in [-0.4, -0.2) is 6.26 Å². The molecule has 4 rings (SSSR count). The summed E-state index contributed by atoms with van der Waals surface area (Å²) in [5.41, 5.74) is 20.1. The molecule has 174 valence electrons. The molecule has 2 N–H and O–H groups in total. The van der Waals surface area contributed by atoms with Crippen molar-refractivity contribution in [3.63, 3.8) is 0 Å². The summed E-state index contributed by atoms with van der Waals surface area (Å²) >= 11 is 1.79. The highest BCUT2D eigenvalue weighted by molar-refractivity contribution is 7.98. The molecular weight excluding hydrogens is 420 g/mol. The smallest absolute Gasteiger partial charge is 0.0528 e. The zero-order valence-corrected chi connectivity index (χ0v) is 21.7. The monoisotopic (exact) mass is 458 g/mol. The molecule has 1 unspecified atom stereocenters. The zero-order chi connectivity index (χ0) is 23.4. The maximum absolute atomic E-state index is 3.71. The molecule has 0 saturated heterocycles. The lowest BCUT2D eigenvalue weighted by Gasteiger charge is -2.31. The van der Waals surface area contributed by atoms with Crippen LogP contribution in [0.2, 0.25) is 0 Å². The minimum Gasteiger partial charge on any atom is -0.321 e. The Balaban J connectivity index is 1.69. The van der Waals surface area contributed by atoms with Gasteiger partial charge in [0.1, 0.15) is 0 Å². The number of hydrogen-bond acceptors (Lipinski definition) is 3. The Kier molecular flexibility index (Phi) is 7.82. The van der Waals surface area contributed by atoms with Gasteiger partial charge in [0.2, 0.25) is 0 Å². The summed E-state index contributed by atoms with van der Waals surface area (Å²) in [6.45, 7) is 9.02. The van der Waals surface area contributed by atoms with Gasteiger partial charge in [-0.15, -0.1) is 11.8 Å². The number of thioether (sulfide) groups is 1. The molecule has 0 amide bonds. The molecule has 1 aliphatic rings. The molecule has 0 fully saturated rings. The summed E-state index contributed by atoms with van der Waals surface area (Å²) in [4.78, 5) is 1.29. The first-order valence-electron chi connectivity index (χ1n) is 12.5. The predicted molar refractivity (Wildman–Crippen MR) is 145 cm³/mol. The van der Waals surface area contributed by atoms with Crippen molar-refractivity contribution in [1.29, 1.82) is 0 Å². The molecule has 0 saturated carbocycles. The standard InChI is InChI=1S/C30H38N2S/c1-6-21-11-9-12-22(7-2)29(21)25-17-23(8-3)30-24(18-25)13-10-14-27(30)31-32-28-19-26(33-5)16-15-20(28)4/h9,11-12,15-19,27,31-32H,6-8,10,13-14H2,1-5H3. The van der Waals surface area contributed by atoms with Crippen LogP contribution >= 0.6 is 11.8 Å². The first-order chi connectivity index (χ1) is 16.1. The van der Waals surface area contributed by atoms with E-state index in [4.69, 9.17) is 0 Å². The first kappa shape index (κ1) is 23.9. The highest BCUT2D eigenvalue weighted by Crippen LogP contribution is 2.38. The maximum atomic E-state index is 3.71. The van der Waals surface area contributed by atoms with Crippen molar-refractivity contribution in [2.24, 2.45) is 0 Å². The van der Waals surface area contributed by atoms with E-state index in [0.717, 1.165) is 19.3 Å². The second kappa shape index (κ2) is 10.8. The quantitative estimate of drug-likeness (QED) is 0.264. The van der Waals surface area contributed by atoms with Crippen LogP contribution < -0.4 is 10.9 Å². The highest BCUT2D eigenvalue weighted by Gasteiger charge is 2.24. The van der Waals surface area contributed by atoms with Crippen molar-refractivity contribution in [2.45, 2.75) is 77.2 Å². The molecule has 3 heteroatoms. The molecule has 1 aliphatic carbocycles. The number of rotatable bonds is 8. The number of hydrogen-bond donors (Lipinski definition) is 2. The molecule has 0 heterocycles. The Labute approximate surface area is 204 Å². The lowest BCUT2D eigenvalue weighted by atomic mass is 9.80. The van der Waals surface area contributed by atoms with Crippen molar-refractivity contribution < 1.29 is 0 Å². The zero-order valence-electron chi connectivity index (χ0n) is 20.8. The molecule has 1 atom stereocenters. The van der Waals surface area contributed by atoms with Crippen LogP contribution in [-0.2, 0) is 25.7 Å². The summed E-state index contributed by atoms with van der Waals surface area (Å²) in [5.74, 6) is 0. The third-order valence-corrected chi connectivity index (χ3v) is 7.86. The van der Waals surface area contributed by atoms with E-state index in [1.165, 1.54) is 74.4 Å². The fraction of sp³-hybridized carbons (Fsp3) is 0.400. The molecule has 0 aromatic heterocycles. The van der Waals surface area contributed by atoms with Gasteiger partial charge in [-0.1, -0.05) is 57.2 Å². The Morgan fingerprint density at radius 1 is 0.909 bits per heavy atom. The summed E-state index contributed by atoms with van der Waals surface area (Å²) < 4.78 is 0. The van der Waals surface area contributed by atoms with E-state index in [9.17, 15) is 0 Å². The molecular formula is C30H38N2S. The summed E-state index contributed by atoms with van der Waals surface area (Å²) in [6.07, 6.45) is 8.90. The van der Waals surface area contributed by atoms with E-state index in [1.807, 2.05) is 0 Å². The van der Waals surface area contributed by atoms with E-state index in [2.05, 4.69) is 93.3 Å². The minimum atomic E-state index is 0.335. The second-order valence-corrected chi connectivity index (χ2v) is 9.99. The number of aryl methyl sites for hydroxylation is 5. The number of anilines is 1. The van der Waals surface area contributed by atoms with E-state index >= 15 is 0 Å². The number of fused-ring (bicyclic) bond motifs is 1. The van der Waals surface area contributed by atoms with Crippen LogP contribution in [0.25, 0.3) is 11.1 Å². The van der Waals surface area contributed by atoms with E-state index in [1.54, 1.807) is 11.8 Å². The van der Waals surface area contributed by atoms with Crippen LogP contribution in [0.3, 0.4) is 0 Å². The first-order valence-corrected chi connectivity index (χ1v) is 13.7. The average molecular weight is 459 g/mol. The van der Waals surface area contributed by atoms with Crippen LogP contribution in [0.4, 0.5) is 5.69 Å². The minimum absolute atomic E-state index is 0.335. The summed E-state index contributed by atoms with van der Waals surface area (Å²) in [5, 5.41) is 0. The van der Waals surface area contributed by atoms with E-state index in [-0.39, 0.29) is 0 Å². The van der Waals surface area contributed by atoms with Gasteiger partial charge < -0.3 is 5.43 Å². The summed E-state index contributed by atoms with van der Waals surface area (Å²) in [7, 11) is 0. The maximum Gasteiger partial charge on any atom is 0.0528 e. The molecule has 3 aromatic carbocycles. The second-order valence-electron chi connectivity index (χ2n) is 9.12. The Morgan fingerprint density at radius 3 is 2.30 bits per heavy atom. The Bertz CT molecular complexity index is 1080. The SMILES string of the molecule is CCc1cccc(CC)c1-c1cc(CC)c2c(c1)CCCC2NNc1cc(SC)ccc1C. The average Bonchev–Trinajstić information content (AvgIpc) is 2.86. The van der Waals surface area contributed by atoms with E-state index in [0.29, 0.717) is 6.04 Å². The fourth-order valence-corrected chi connectivity index (χ4v) is 5.74. The van der Waals surface area contributed by atoms with Crippen LogP contribution in [0, 0.1) is 6.92 Å². The predicted octanol–water partition coefficient (Wildman–Crippen LogP) is 8.07. The molecule has 0 bridgehead atoms. The van der Waals surface area contributed by atoms with Crippen LogP contribution in [0.15, 0.2) is 53.4 Å². The van der Waals surface area contributed by atoms with E-state index < -0.39 is 0 Å². The molecule has 3 aromatic rings. The molecule has 0 aliphatic heterocycles. The van der Waals surface area contributed by atoms with Gasteiger partial charge in [0, 0.05) is 4.90 Å². The van der Waals surface area contributed by atoms with Crippen LogP contribution in [0.1, 0.15) is 73.0 Å². The summed E-state index contributed by atoms with van der Waals surface area (Å²) in [6, 6.07) is 18.8. The molecule has 2 nitrogen and oxygen atoms in total. The Morgan fingerprint density at radius 2 is 1.64 bits per heavy atom. The molecule has 33 heavy (non-hydrogen) atoms. The number of nitrogens with one attached hydrogen (secondary N) is 2. The number of benzene rings is 3. The van der Waals surface area contributed by atoms with Crippen molar-refractivity contribution >= 4 is 17.4 Å². The van der Waals surface area contributed by atoms with Crippen molar-refractivity contribution in [3.8, 4) is 11.1 Å². The van der Waals surface area contributed by atoms with Gasteiger partial charge in [-0.3, -0.25) is 0 Å². The molecule has 0 spiro atoms. The van der Waals surface area contributed by atoms with Gasteiger partial charge in [0.15, 0.2) is 0 Å². The normalized spacial score (nSPS) is 15.4.